The number of rotatable bonds is 8. The monoisotopic (exact) mass is 248 g/mol. The van der Waals surface area contributed by atoms with Crippen molar-refractivity contribution < 1.29 is 9.53 Å². The van der Waals surface area contributed by atoms with Crippen molar-refractivity contribution in [3.8, 4) is 0 Å². The van der Waals surface area contributed by atoms with E-state index < -0.39 is 5.60 Å². The van der Waals surface area contributed by atoms with Gasteiger partial charge in [-0.3, -0.25) is 4.79 Å². The van der Waals surface area contributed by atoms with Crippen LogP contribution in [0.15, 0.2) is 30.3 Å². The van der Waals surface area contributed by atoms with E-state index in [1.165, 1.54) is 5.56 Å². The summed E-state index contributed by atoms with van der Waals surface area (Å²) >= 11 is 0. The van der Waals surface area contributed by atoms with E-state index in [1.54, 1.807) is 0 Å². The normalized spacial score (nSPS) is 14.2. The molecule has 0 radical (unpaired) electrons. The van der Waals surface area contributed by atoms with Crippen LogP contribution in [0.1, 0.15) is 45.6 Å². The summed E-state index contributed by atoms with van der Waals surface area (Å²) < 4.78 is 5.80. The van der Waals surface area contributed by atoms with Gasteiger partial charge in [-0.05, 0) is 31.7 Å². The molecule has 0 aliphatic rings. The molecule has 1 unspecified atom stereocenters. The lowest BCUT2D eigenvalue weighted by molar-refractivity contribution is -0.143. The molecule has 0 fully saturated rings. The SMILES string of the molecule is CCCOC(C)(CCc1ccccc1)C(=O)CC. The molecule has 0 bridgehead atoms. The lowest BCUT2D eigenvalue weighted by atomic mass is 9.91. The molecule has 2 nitrogen and oxygen atoms in total. The van der Waals surface area contributed by atoms with Crippen LogP contribution in [0.3, 0.4) is 0 Å². The van der Waals surface area contributed by atoms with Crippen LogP contribution in [0.5, 0.6) is 0 Å². The van der Waals surface area contributed by atoms with Crippen LogP contribution in [0.4, 0.5) is 0 Å². The number of carbonyl (C=O) groups is 1. The summed E-state index contributed by atoms with van der Waals surface area (Å²) in [7, 11) is 0. The lowest BCUT2D eigenvalue weighted by Gasteiger charge is -2.28. The lowest BCUT2D eigenvalue weighted by Crippen LogP contribution is -2.39. The molecule has 0 saturated heterocycles. The molecule has 0 heterocycles. The molecule has 0 spiro atoms. The molecular formula is C16H24O2. The summed E-state index contributed by atoms with van der Waals surface area (Å²) in [4.78, 5) is 12.0. The number of hydrogen-bond acceptors (Lipinski definition) is 2. The molecule has 100 valence electrons. The first-order valence-electron chi connectivity index (χ1n) is 6.83. The standard InChI is InChI=1S/C16H24O2/c1-4-13-18-16(3,15(17)5-2)12-11-14-9-7-6-8-10-14/h6-10H,4-5,11-13H2,1-3H3. The summed E-state index contributed by atoms with van der Waals surface area (Å²) in [5, 5.41) is 0. The molecule has 0 aliphatic heterocycles. The zero-order valence-corrected chi connectivity index (χ0v) is 11.7. The number of carbonyl (C=O) groups excluding carboxylic acids is 1. The van der Waals surface area contributed by atoms with E-state index in [2.05, 4.69) is 19.1 Å². The minimum absolute atomic E-state index is 0.201. The molecule has 0 aliphatic carbocycles. The highest BCUT2D eigenvalue weighted by atomic mass is 16.5. The molecule has 1 aromatic carbocycles. The molecule has 1 atom stereocenters. The van der Waals surface area contributed by atoms with Crippen LogP contribution in [-0.2, 0) is 16.0 Å². The Hall–Kier alpha value is -1.15. The van der Waals surface area contributed by atoms with Gasteiger partial charge in [0.25, 0.3) is 0 Å². The fourth-order valence-electron chi connectivity index (χ4n) is 2.02. The number of benzene rings is 1. The molecule has 0 aromatic heterocycles. The van der Waals surface area contributed by atoms with E-state index in [0.717, 1.165) is 19.3 Å². The summed E-state index contributed by atoms with van der Waals surface area (Å²) in [6, 6.07) is 10.3. The van der Waals surface area contributed by atoms with Crippen LogP contribution in [0, 0.1) is 0 Å². The Kier molecular flexibility index (Phi) is 6.06. The van der Waals surface area contributed by atoms with Crippen molar-refractivity contribution >= 4 is 5.78 Å². The predicted molar refractivity (Wildman–Crippen MR) is 74.7 cm³/mol. The molecule has 18 heavy (non-hydrogen) atoms. The Morgan fingerprint density at radius 3 is 2.44 bits per heavy atom. The maximum Gasteiger partial charge on any atom is 0.164 e. The summed E-state index contributed by atoms with van der Waals surface area (Å²) in [5.41, 5.74) is 0.633. The summed E-state index contributed by atoms with van der Waals surface area (Å²) in [6.45, 7) is 6.54. The van der Waals surface area contributed by atoms with Gasteiger partial charge in [0.1, 0.15) is 5.60 Å². The van der Waals surface area contributed by atoms with Crippen LogP contribution in [0.25, 0.3) is 0 Å². The maximum absolute atomic E-state index is 12.0. The smallest absolute Gasteiger partial charge is 0.164 e. The van der Waals surface area contributed by atoms with E-state index in [9.17, 15) is 4.79 Å². The van der Waals surface area contributed by atoms with Gasteiger partial charge in [-0.2, -0.15) is 0 Å². The van der Waals surface area contributed by atoms with Crippen LogP contribution in [-0.4, -0.2) is 18.0 Å². The first-order valence-corrected chi connectivity index (χ1v) is 6.83. The van der Waals surface area contributed by atoms with E-state index in [4.69, 9.17) is 4.74 Å². The van der Waals surface area contributed by atoms with Gasteiger partial charge in [0, 0.05) is 13.0 Å². The van der Waals surface area contributed by atoms with Crippen molar-refractivity contribution in [1.82, 2.24) is 0 Å². The molecule has 1 rings (SSSR count). The summed E-state index contributed by atoms with van der Waals surface area (Å²) in [5.74, 6) is 0.201. The van der Waals surface area contributed by atoms with Gasteiger partial charge >= 0.3 is 0 Å². The van der Waals surface area contributed by atoms with Crippen LogP contribution >= 0.6 is 0 Å². The largest absolute Gasteiger partial charge is 0.368 e. The Balaban J connectivity index is 2.64. The van der Waals surface area contributed by atoms with Crippen molar-refractivity contribution in [3.05, 3.63) is 35.9 Å². The van der Waals surface area contributed by atoms with Crippen molar-refractivity contribution in [3.63, 3.8) is 0 Å². The topological polar surface area (TPSA) is 26.3 Å². The van der Waals surface area contributed by atoms with E-state index >= 15 is 0 Å². The van der Waals surface area contributed by atoms with E-state index in [-0.39, 0.29) is 5.78 Å². The average Bonchev–Trinajstić information content (AvgIpc) is 2.43. The van der Waals surface area contributed by atoms with Gasteiger partial charge < -0.3 is 4.74 Å². The van der Waals surface area contributed by atoms with Crippen LogP contribution < -0.4 is 0 Å². The Morgan fingerprint density at radius 1 is 1.22 bits per heavy atom. The Morgan fingerprint density at radius 2 is 1.89 bits per heavy atom. The fourth-order valence-corrected chi connectivity index (χ4v) is 2.02. The van der Waals surface area contributed by atoms with Crippen LogP contribution in [0.2, 0.25) is 0 Å². The number of ether oxygens (including phenoxy) is 1. The molecule has 0 N–H and O–H groups in total. The van der Waals surface area contributed by atoms with Crippen molar-refractivity contribution in [2.75, 3.05) is 6.61 Å². The minimum atomic E-state index is -0.624. The number of hydrogen-bond donors (Lipinski definition) is 0. The maximum atomic E-state index is 12.0. The van der Waals surface area contributed by atoms with Gasteiger partial charge in [0.2, 0.25) is 0 Å². The third-order valence-corrected chi connectivity index (χ3v) is 3.27. The minimum Gasteiger partial charge on any atom is -0.368 e. The van der Waals surface area contributed by atoms with Gasteiger partial charge in [-0.15, -0.1) is 0 Å². The second-order valence-corrected chi connectivity index (χ2v) is 4.84. The first-order chi connectivity index (χ1) is 8.62. The average molecular weight is 248 g/mol. The number of aryl methyl sites for hydroxylation is 1. The van der Waals surface area contributed by atoms with Gasteiger partial charge in [-0.1, -0.05) is 44.2 Å². The van der Waals surface area contributed by atoms with Crippen molar-refractivity contribution in [1.29, 1.82) is 0 Å². The molecule has 0 saturated carbocycles. The van der Waals surface area contributed by atoms with Crippen molar-refractivity contribution in [2.45, 2.75) is 52.1 Å². The molecular weight excluding hydrogens is 224 g/mol. The molecule has 2 heteroatoms. The molecule has 1 aromatic rings. The van der Waals surface area contributed by atoms with Gasteiger partial charge in [0.15, 0.2) is 5.78 Å². The summed E-state index contributed by atoms with van der Waals surface area (Å²) in [6.07, 6.45) is 3.11. The fraction of sp³-hybridized carbons (Fsp3) is 0.562. The highest BCUT2D eigenvalue weighted by molar-refractivity contribution is 5.86. The number of ketones is 1. The van der Waals surface area contributed by atoms with E-state index in [0.29, 0.717) is 13.0 Å². The van der Waals surface area contributed by atoms with E-state index in [1.807, 2.05) is 32.0 Å². The Labute approximate surface area is 110 Å². The van der Waals surface area contributed by atoms with Gasteiger partial charge in [0.05, 0.1) is 0 Å². The quantitative estimate of drug-likeness (QED) is 0.699. The first kappa shape index (κ1) is 14.9. The molecule has 0 amide bonds. The van der Waals surface area contributed by atoms with Crippen molar-refractivity contribution in [2.24, 2.45) is 0 Å². The zero-order chi connectivity index (χ0) is 13.4. The third-order valence-electron chi connectivity index (χ3n) is 3.27. The Bertz CT molecular complexity index is 359. The third kappa shape index (κ3) is 4.26. The second kappa shape index (κ2) is 7.32. The highest BCUT2D eigenvalue weighted by Crippen LogP contribution is 2.22. The highest BCUT2D eigenvalue weighted by Gasteiger charge is 2.31. The second-order valence-electron chi connectivity index (χ2n) is 4.84. The number of Topliss-reactive ketones (excluding diaryl/α,β-unsaturated/α-hetero) is 1. The van der Waals surface area contributed by atoms with Gasteiger partial charge in [-0.25, -0.2) is 0 Å². The zero-order valence-electron chi connectivity index (χ0n) is 11.7. The predicted octanol–water partition coefficient (Wildman–Crippen LogP) is 3.78.